The van der Waals surface area contributed by atoms with Crippen LogP contribution in [0.1, 0.15) is 25.0 Å². The number of rotatable bonds is 5. The molecule has 0 saturated heterocycles. The van der Waals surface area contributed by atoms with E-state index in [-0.39, 0.29) is 5.41 Å². The summed E-state index contributed by atoms with van der Waals surface area (Å²) in [6.07, 6.45) is 0. The molecule has 0 saturated carbocycles. The average Bonchev–Trinajstić information content (AvgIpc) is 3.15. The topological polar surface area (TPSA) is 12.5 Å². The van der Waals surface area contributed by atoms with Crippen molar-refractivity contribution >= 4 is 40.6 Å². The maximum atomic E-state index is 6.32. The van der Waals surface area contributed by atoms with Gasteiger partial charge in [0.25, 0.3) is 0 Å². The van der Waals surface area contributed by atoms with Crippen LogP contribution in [0.4, 0.5) is 17.1 Å². The van der Waals surface area contributed by atoms with Gasteiger partial charge in [-0.25, -0.2) is 0 Å². The second-order valence-corrected chi connectivity index (χ2v) is 15.1. The summed E-state index contributed by atoms with van der Waals surface area (Å²) in [6, 6.07) is 58.8. The monoisotopic (exact) mass is 667 g/mol. The summed E-state index contributed by atoms with van der Waals surface area (Å²) in [6.45, 7) is 4.70. The van der Waals surface area contributed by atoms with Crippen LogP contribution in [0.3, 0.4) is 0 Å². The number of ether oxygens (including phenoxy) is 1. The van der Waals surface area contributed by atoms with Gasteiger partial charge in [-0.2, -0.15) is 0 Å². The zero-order valence-electron chi connectivity index (χ0n) is 27.3. The Morgan fingerprint density at radius 3 is 1.80 bits per heavy atom. The largest absolute Gasteiger partial charge is 0.455 e. The Kier molecular flexibility index (Phi) is 7.37. The molecule has 49 heavy (non-hydrogen) atoms. The lowest BCUT2D eigenvalue weighted by atomic mass is 9.77. The first-order chi connectivity index (χ1) is 24.0. The lowest BCUT2D eigenvalue weighted by molar-refractivity contribution is 0.455. The first-order valence-electron chi connectivity index (χ1n) is 16.6. The highest BCUT2D eigenvalue weighted by molar-refractivity contribution is 8.00. The number of hydrogen-bond acceptors (Lipinski definition) is 4. The van der Waals surface area contributed by atoms with Gasteiger partial charge in [0.05, 0.1) is 15.5 Å². The maximum absolute atomic E-state index is 6.32. The second-order valence-electron chi connectivity index (χ2n) is 13.0. The smallest absolute Gasteiger partial charge is 0.142 e. The van der Waals surface area contributed by atoms with Crippen LogP contribution in [0.5, 0.6) is 11.5 Å². The summed E-state index contributed by atoms with van der Waals surface area (Å²) in [4.78, 5) is 7.32. The minimum atomic E-state index is -0.120. The van der Waals surface area contributed by atoms with Gasteiger partial charge in [-0.15, -0.1) is 0 Å². The Morgan fingerprint density at radius 2 is 1.02 bits per heavy atom. The SMILES string of the molecule is CC1(C)c2ccccc2Sc2c(N(c3ccc(-c4ccccc4)cc3)c3ccc(-c4cccc5c4Sc4ccccc4O5)cc3)cccc21. The first-order valence-corrected chi connectivity index (χ1v) is 18.2. The zero-order chi connectivity index (χ0) is 33.0. The van der Waals surface area contributed by atoms with Gasteiger partial charge in [-0.3, -0.25) is 0 Å². The molecule has 0 amide bonds. The number of fused-ring (bicyclic) bond motifs is 4. The fraction of sp³-hybridized carbons (Fsp3) is 0.0667. The molecule has 0 radical (unpaired) electrons. The Morgan fingerprint density at radius 1 is 0.449 bits per heavy atom. The average molecular weight is 668 g/mol. The van der Waals surface area contributed by atoms with E-state index in [1.54, 1.807) is 11.8 Å². The third-order valence-electron chi connectivity index (χ3n) is 9.61. The number of nitrogens with zero attached hydrogens (tertiary/aromatic N) is 1. The summed E-state index contributed by atoms with van der Waals surface area (Å²) in [5.41, 5.74) is 10.8. The molecule has 0 N–H and O–H groups in total. The normalized spacial score (nSPS) is 13.7. The standard InChI is InChI=1S/C45H33NOS2/c1-45(2)36-15-6-8-20-41(36)48-44-37(45)16-11-17-38(44)46(33-26-22-31(23-27-33)30-12-4-3-5-13-30)34-28-24-32(25-29-34)35-14-10-19-40-43(35)49-42-21-9-7-18-39(42)47-40/h3-29H,1-2H3. The Bertz CT molecular complexity index is 2330. The van der Waals surface area contributed by atoms with Crippen molar-refractivity contribution in [1.82, 2.24) is 0 Å². The van der Waals surface area contributed by atoms with Crippen molar-refractivity contribution in [2.45, 2.75) is 38.8 Å². The summed E-state index contributed by atoms with van der Waals surface area (Å²) in [5.74, 6) is 1.82. The minimum Gasteiger partial charge on any atom is -0.455 e. The van der Waals surface area contributed by atoms with Crippen LogP contribution in [0.2, 0.25) is 0 Å². The first kappa shape index (κ1) is 29.9. The van der Waals surface area contributed by atoms with E-state index in [1.807, 2.05) is 23.9 Å². The van der Waals surface area contributed by atoms with Crippen molar-refractivity contribution in [2.24, 2.45) is 0 Å². The second kappa shape index (κ2) is 12.1. The van der Waals surface area contributed by atoms with E-state index in [0.29, 0.717) is 0 Å². The van der Waals surface area contributed by atoms with Crippen molar-refractivity contribution < 1.29 is 4.74 Å². The summed E-state index contributed by atoms with van der Waals surface area (Å²) in [5, 5.41) is 0. The van der Waals surface area contributed by atoms with E-state index in [4.69, 9.17) is 4.74 Å². The molecule has 7 aromatic carbocycles. The van der Waals surface area contributed by atoms with E-state index in [2.05, 4.69) is 170 Å². The molecule has 4 heteroatoms. The predicted molar refractivity (Wildman–Crippen MR) is 205 cm³/mol. The molecular formula is C45H33NOS2. The summed E-state index contributed by atoms with van der Waals surface area (Å²) < 4.78 is 6.32. The molecule has 0 aromatic heterocycles. The van der Waals surface area contributed by atoms with Crippen LogP contribution in [0.25, 0.3) is 22.3 Å². The highest BCUT2D eigenvalue weighted by Crippen LogP contribution is 2.55. The Labute approximate surface area is 296 Å². The van der Waals surface area contributed by atoms with E-state index < -0.39 is 0 Å². The number of hydrogen-bond donors (Lipinski definition) is 0. The van der Waals surface area contributed by atoms with Crippen LogP contribution in [0.15, 0.2) is 183 Å². The van der Waals surface area contributed by atoms with Crippen LogP contribution in [-0.2, 0) is 5.41 Å². The Balaban J connectivity index is 1.15. The van der Waals surface area contributed by atoms with Gasteiger partial charge in [0.15, 0.2) is 0 Å². The molecule has 7 aromatic rings. The molecule has 2 heterocycles. The number of benzene rings is 7. The molecule has 236 valence electrons. The lowest BCUT2D eigenvalue weighted by Crippen LogP contribution is -2.25. The Hall–Kier alpha value is -5.16. The number of para-hydroxylation sites is 1. The molecule has 0 atom stereocenters. The zero-order valence-corrected chi connectivity index (χ0v) is 28.9. The molecular weight excluding hydrogens is 635 g/mol. The highest BCUT2D eigenvalue weighted by atomic mass is 32.2. The maximum Gasteiger partial charge on any atom is 0.142 e. The fourth-order valence-corrected chi connectivity index (χ4v) is 9.63. The van der Waals surface area contributed by atoms with Crippen molar-refractivity contribution in [1.29, 1.82) is 0 Å². The van der Waals surface area contributed by atoms with E-state index in [0.717, 1.165) is 38.2 Å². The fourth-order valence-electron chi connectivity index (χ4n) is 7.05. The van der Waals surface area contributed by atoms with Crippen LogP contribution >= 0.6 is 23.5 Å². The molecule has 0 fully saturated rings. The molecule has 2 nitrogen and oxygen atoms in total. The van der Waals surface area contributed by atoms with Crippen LogP contribution in [-0.4, -0.2) is 0 Å². The van der Waals surface area contributed by atoms with Crippen molar-refractivity contribution in [3.63, 3.8) is 0 Å². The molecule has 2 aliphatic rings. The lowest BCUT2D eigenvalue weighted by Gasteiger charge is -2.37. The molecule has 0 bridgehead atoms. The molecule has 0 unspecified atom stereocenters. The summed E-state index contributed by atoms with van der Waals surface area (Å²) >= 11 is 3.66. The van der Waals surface area contributed by atoms with Gasteiger partial charge in [0.1, 0.15) is 11.5 Å². The highest BCUT2D eigenvalue weighted by Gasteiger charge is 2.35. The molecule has 9 rings (SSSR count). The van der Waals surface area contributed by atoms with Gasteiger partial charge >= 0.3 is 0 Å². The summed E-state index contributed by atoms with van der Waals surface area (Å²) in [7, 11) is 0. The van der Waals surface area contributed by atoms with Crippen LogP contribution < -0.4 is 9.64 Å². The molecule has 0 aliphatic carbocycles. The quantitative estimate of drug-likeness (QED) is 0.181. The van der Waals surface area contributed by atoms with Gasteiger partial charge in [0.2, 0.25) is 0 Å². The van der Waals surface area contributed by atoms with E-state index >= 15 is 0 Å². The predicted octanol–water partition coefficient (Wildman–Crippen LogP) is 13.5. The van der Waals surface area contributed by atoms with Gasteiger partial charge in [-0.1, -0.05) is 147 Å². The number of anilines is 3. The molecule has 0 spiro atoms. The van der Waals surface area contributed by atoms with Gasteiger partial charge in [-0.05, 0) is 88.0 Å². The van der Waals surface area contributed by atoms with Crippen molar-refractivity contribution in [3.05, 3.63) is 175 Å². The van der Waals surface area contributed by atoms with Crippen LogP contribution in [0, 0.1) is 0 Å². The van der Waals surface area contributed by atoms with Crippen molar-refractivity contribution in [2.75, 3.05) is 4.90 Å². The van der Waals surface area contributed by atoms with Gasteiger partial charge in [0, 0.05) is 26.6 Å². The van der Waals surface area contributed by atoms with Gasteiger partial charge < -0.3 is 9.64 Å². The van der Waals surface area contributed by atoms with E-state index in [1.165, 1.54) is 43.3 Å². The van der Waals surface area contributed by atoms with E-state index in [9.17, 15) is 0 Å². The van der Waals surface area contributed by atoms with Crippen molar-refractivity contribution in [3.8, 4) is 33.8 Å². The third kappa shape index (κ3) is 5.23. The minimum absolute atomic E-state index is 0.120. The third-order valence-corrected chi connectivity index (χ3v) is 12.0. The molecule has 2 aliphatic heterocycles.